The Morgan fingerprint density at radius 3 is 2.45 bits per heavy atom. The summed E-state index contributed by atoms with van der Waals surface area (Å²) in [6.45, 7) is 3.90. The number of amides is 1. The molecule has 0 aliphatic heterocycles. The summed E-state index contributed by atoms with van der Waals surface area (Å²) in [5.41, 5.74) is 2.67. The molecule has 2 rings (SSSR count). The molecule has 0 bridgehead atoms. The molecule has 0 saturated heterocycles. The van der Waals surface area contributed by atoms with Crippen molar-refractivity contribution in [1.29, 1.82) is 0 Å². The SMILES string of the molecule is CCc1ccc(N[C@H](C)C(=O)Nc2cc(Cl)ccc2Cl)cc1. The van der Waals surface area contributed by atoms with E-state index in [9.17, 15) is 4.79 Å². The van der Waals surface area contributed by atoms with Crippen LogP contribution in [0.1, 0.15) is 19.4 Å². The summed E-state index contributed by atoms with van der Waals surface area (Å²) in [5.74, 6) is -0.177. The van der Waals surface area contributed by atoms with Gasteiger partial charge in [0.15, 0.2) is 0 Å². The highest BCUT2D eigenvalue weighted by Gasteiger charge is 2.14. The average molecular weight is 337 g/mol. The van der Waals surface area contributed by atoms with Gasteiger partial charge < -0.3 is 10.6 Å². The van der Waals surface area contributed by atoms with Gasteiger partial charge in [0.05, 0.1) is 10.7 Å². The van der Waals surface area contributed by atoms with Gasteiger partial charge in [0, 0.05) is 10.7 Å². The van der Waals surface area contributed by atoms with Gasteiger partial charge in [-0.05, 0) is 49.2 Å². The summed E-state index contributed by atoms with van der Waals surface area (Å²) >= 11 is 12.0. The van der Waals surface area contributed by atoms with E-state index < -0.39 is 6.04 Å². The molecule has 2 aromatic rings. The number of carbonyl (C=O) groups excluding carboxylic acids is 1. The predicted molar refractivity (Wildman–Crippen MR) is 94.0 cm³/mol. The summed E-state index contributed by atoms with van der Waals surface area (Å²) in [6.07, 6.45) is 0.990. The van der Waals surface area contributed by atoms with Gasteiger partial charge >= 0.3 is 0 Å². The van der Waals surface area contributed by atoms with Crippen LogP contribution >= 0.6 is 23.2 Å². The molecule has 1 amide bonds. The van der Waals surface area contributed by atoms with Crippen molar-refractivity contribution in [2.24, 2.45) is 0 Å². The molecule has 0 aliphatic carbocycles. The van der Waals surface area contributed by atoms with Gasteiger partial charge in [-0.1, -0.05) is 42.3 Å². The number of aryl methyl sites for hydroxylation is 1. The van der Waals surface area contributed by atoms with Crippen LogP contribution in [0.15, 0.2) is 42.5 Å². The molecule has 22 heavy (non-hydrogen) atoms. The van der Waals surface area contributed by atoms with E-state index in [1.165, 1.54) is 5.56 Å². The van der Waals surface area contributed by atoms with E-state index in [4.69, 9.17) is 23.2 Å². The van der Waals surface area contributed by atoms with Gasteiger partial charge in [0.25, 0.3) is 0 Å². The topological polar surface area (TPSA) is 41.1 Å². The van der Waals surface area contributed by atoms with Gasteiger partial charge in [-0.3, -0.25) is 4.79 Å². The first-order valence-electron chi connectivity index (χ1n) is 7.11. The summed E-state index contributed by atoms with van der Waals surface area (Å²) in [5, 5.41) is 6.91. The first kappa shape index (κ1) is 16.7. The first-order chi connectivity index (χ1) is 10.5. The maximum Gasteiger partial charge on any atom is 0.246 e. The number of hydrogen-bond donors (Lipinski definition) is 2. The Morgan fingerprint density at radius 2 is 1.82 bits per heavy atom. The van der Waals surface area contributed by atoms with Crippen molar-refractivity contribution in [1.82, 2.24) is 0 Å². The third-order valence-corrected chi connectivity index (χ3v) is 3.89. The Balaban J connectivity index is 2.00. The lowest BCUT2D eigenvalue weighted by atomic mass is 10.1. The highest BCUT2D eigenvalue weighted by atomic mass is 35.5. The molecule has 0 fully saturated rings. The molecule has 116 valence electrons. The molecule has 0 heterocycles. The van der Waals surface area contributed by atoms with Gasteiger partial charge in [-0.15, -0.1) is 0 Å². The molecule has 0 spiro atoms. The number of anilines is 2. The minimum atomic E-state index is -0.400. The van der Waals surface area contributed by atoms with Crippen LogP contribution in [0.2, 0.25) is 10.0 Å². The Morgan fingerprint density at radius 1 is 1.14 bits per heavy atom. The van der Waals surface area contributed by atoms with Crippen molar-refractivity contribution in [3.8, 4) is 0 Å². The first-order valence-corrected chi connectivity index (χ1v) is 7.86. The molecule has 0 aromatic heterocycles. The monoisotopic (exact) mass is 336 g/mol. The summed E-state index contributed by atoms with van der Waals surface area (Å²) in [7, 11) is 0. The van der Waals surface area contributed by atoms with E-state index in [1.54, 1.807) is 25.1 Å². The van der Waals surface area contributed by atoms with Crippen molar-refractivity contribution in [2.45, 2.75) is 26.3 Å². The van der Waals surface area contributed by atoms with Crippen LogP contribution < -0.4 is 10.6 Å². The van der Waals surface area contributed by atoms with Gasteiger partial charge in [-0.2, -0.15) is 0 Å². The normalized spacial score (nSPS) is 11.8. The molecule has 5 heteroatoms. The number of nitrogens with one attached hydrogen (secondary N) is 2. The Kier molecular flexibility index (Phi) is 5.69. The largest absolute Gasteiger partial charge is 0.374 e. The van der Waals surface area contributed by atoms with Crippen LogP contribution in [0, 0.1) is 0 Å². The lowest BCUT2D eigenvalue weighted by molar-refractivity contribution is -0.116. The smallest absolute Gasteiger partial charge is 0.246 e. The van der Waals surface area contributed by atoms with Crippen LogP contribution in [-0.2, 0) is 11.2 Å². The van der Waals surface area contributed by atoms with E-state index in [2.05, 4.69) is 17.6 Å². The zero-order valence-electron chi connectivity index (χ0n) is 12.5. The van der Waals surface area contributed by atoms with E-state index in [1.807, 2.05) is 24.3 Å². The lowest BCUT2D eigenvalue weighted by Crippen LogP contribution is -2.31. The van der Waals surface area contributed by atoms with E-state index in [0.29, 0.717) is 15.7 Å². The number of hydrogen-bond acceptors (Lipinski definition) is 2. The van der Waals surface area contributed by atoms with Crippen LogP contribution in [-0.4, -0.2) is 11.9 Å². The van der Waals surface area contributed by atoms with Gasteiger partial charge in [0.2, 0.25) is 5.91 Å². The number of rotatable bonds is 5. The molecule has 0 saturated carbocycles. The summed E-state index contributed by atoms with van der Waals surface area (Å²) in [6, 6.07) is 12.6. The fraction of sp³-hybridized carbons (Fsp3) is 0.235. The second kappa shape index (κ2) is 7.52. The molecule has 2 aromatic carbocycles. The van der Waals surface area contributed by atoms with E-state index in [-0.39, 0.29) is 5.91 Å². The highest BCUT2D eigenvalue weighted by Crippen LogP contribution is 2.25. The minimum absolute atomic E-state index is 0.177. The van der Waals surface area contributed by atoms with Crippen molar-refractivity contribution < 1.29 is 4.79 Å². The Bertz CT molecular complexity index is 656. The molecular formula is C17H18Cl2N2O. The molecule has 0 aliphatic rings. The zero-order chi connectivity index (χ0) is 16.1. The third-order valence-electron chi connectivity index (χ3n) is 3.32. The Labute approximate surface area is 140 Å². The third kappa shape index (κ3) is 4.39. The van der Waals surface area contributed by atoms with Crippen LogP contribution in [0.4, 0.5) is 11.4 Å². The molecule has 0 unspecified atom stereocenters. The van der Waals surface area contributed by atoms with Crippen molar-refractivity contribution in [3.05, 3.63) is 58.1 Å². The number of carbonyl (C=O) groups is 1. The van der Waals surface area contributed by atoms with Gasteiger partial charge in [-0.25, -0.2) is 0 Å². The maximum absolute atomic E-state index is 12.2. The molecular weight excluding hydrogens is 319 g/mol. The Hall–Kier alpha value is -1.71. The fourth-order valence-electron chi connectivity index (χ4n) is 1.99. The highest BCUT2D eigenvalue weighted by molar-refractivity contribution is 6.35. The van der Waals surface area contributed by atoms with E-state index in [0.717, 1.165) is 12.1 Å². The quantitative estimate of drug-likeness (QED) is 0.806. The second-order valence-electron chi connectivity index (χ2n) is 5.03. The zero-order valence-corrected chi connectivity index (χ0v) is 14.0. The van der Waals surface area contributed by atoms with Crippen LogP contribution in [0.25, 0.3) is 0 Å². The van der Waals surface area contributed by atoms with Crippen LogP contribution in [0.5, 0.6) is 0 Å². The lowest BCUT2D eigenvalue weighted by Gasteiger charge is -2.16. The number of halogens is 2. The van der Waals surface area contributed by atoms with Crippen molar-refractivity contribution in [2.75, 3.05) is 10.6 Å². The standard InChI is InChI=1S/C17H18Cl2N2O/c1-3-12-4-7-14(8-5-12)20-11(2)17(22)21-16-10-13(18)6-9-15(16)19/h4-11,20H,3H2,1-2H3,(H,21,22)/t11-/m1/s1. The molecule has 3 nitrogen and oxygen atoms in total. The number of benzene rings is 2. The molecule has 2 N–H and O–H groups in total. The fourth-order valence-corrected chi connectivity index (χ4v) is 2.32. The second-order valence-corrected chi connectivity index (χ2v) is 5.87. The summed E-state index contributed by atoms with van der Waals surface area (Å²) in [4.78, 5) is 12.2. The molecule has 1 atom stereocenters. The van der Waals surface area contributed by atoms with Crippen molar-refractivity contribution >= 4 is 40.5 Å². The predicted octanol–water partition coefficient (Wildman–Crippen LogP) is 4.99. The maximum atomic E-state index is 12.2. The van der Waals surface area contributed by atoms with Crippen molar-refractivity contribution in [3.63, 3.8) is 0 Å². The summed E-state index contributed by atoms with van der Waals surface area (Å²) < 4.78 is 0. The van der Waals surface area contributed by atoms with E-state index >= 15 is 0 Å². The van der Waals surface area contributed by atoms with Gasteiger partial charge in [0.1, 0.15) is 6.04 Å². The average Bonchev–Trinajstić information content (AvgIpc) is 2.51. The molecule has 0 radical (unpaired) electrons. The van der Waals surface area contributed by atoms with Crippen LogP contribution in [0.3, 0.4) is 0 Å². The minimum Gasteiger partial charge on any atom is -0.374 e.